The highest BCUT2D eigenvalue weighted by molar-refractivity contribution is 7.80. The van der Waals surface area contributed by atoms with E-state index in [1.54, 1.807) is 7.11 Å². The molecule has 0 unspecified atom stereocenters. The van der Waals surface area contributed by atoms with Crippen molar-refractivity contribution in [2.75, 3.05) is 19.0 Å². The van der Waals surface area contributed by atoms with E-state index in [-0.39, 0.29) is 0 Å². The molecule has 0 aliphatic carbocycles. The lowest BCUT2D eigenvalue weighted by atomic mass is 9.81. The highest BCUT2D eigenvalue weighted by Crippen LogP contribution is 2.34. The predicted molar refractivity (Wildman–Crippen MR) is 104 cm³/mol. The number of anilines is 1. The Morgan fingerprint density at radius 2 is 2.04 bits per heavy atom. The molecule has 3 rings (SSSR count). The van der Waals surface area contributed by atoms with Gasteiger partial charge < -0.3 is 15.4 Å². The van der Waals surface area contributed by atoms with Gasteiger partial charge in [-0.1, -0.05) is 19.4 Å². The molecule has 4 nitrogen and oxygen atoms in total. The van der Waals surface area contributed by atoms with E-state index in [0.717, 1.165) is 28.6 Å². The summed E-state index contributed by atoms with van der Waals surface area (Å²) in [5, 5.41) is 7.56. The van der Waals surface area contributed by atoms with Crippen molar-refractivity contribution in [3.05, 3.63) is 24.3 Å². The van der Waals surface area contributed by atoms with Crippen molar-refractivity contribution in [2.45, 2.75) is 63.6 Å². The van der Waals surface area contributed by atoms with Gasteiger partial charge in [-0.05, 0) is 63.0 Å². The lowest BCUT2D eigenvalue weighted by Crippen LogP contribution is -2.57. The first-order chi connectivity index (χ1) is 11.7. The third-order valence-electron chi connectivity index (χ3n) is 5.27. The minimum absolute atomic E-state index is 0.485. The van der Waals surface area contributed by atoms with Gasteiger partial charge in [0, 0.05) is 29.9 Å². The summed E-state index contributed by atoms with van der Waals surface area (Å²) < 4.78 is 5.26. The van der Waals surface area contributed by atoms with E-state index in [0.29, 0.717) is 6.04 Å². The fourth-order valence-electron chi connectivity index (χ4n) is 4.27. The van der Waals surface area contributed by atoms with Crippen LogP contribution in [0, 0.1) is 0 Å². The number of ether oxygens (including phenoxy) is 1. The Hall–Kier alpha value is -1.33. The van der Waals surface area contributed by atoms with Crippen molar-refractivity contribution in [1.82, 2.24) is 10.2 Å². The lowest BCUT2D eigenvalue weighted by Gasteiger charge is -2.49. The second kappa shape index (κ2) is 8.17. The van der Waals surface area contributed by atoms with Crippen LogP contribution in [-0.2, 0) is 0 Å². The van der Waals surface area contributed by atoms with Crippen LogP contribution in [0.3, 0.4) is 0 Å². The molecule has 2 saturated heterocycles. The van der Waals surface area contributed by atoms with E-state index in [4.69, 9.17) is 17.0 Å². The molecule has 2 aliphatic rings. The second-order valence-corrected chi connectivity index (χ2v) is 7.38. The van der Waals surface area contributed by atoms with Gasteiger partial charge in [0.1, 0.15) is 5.75 Å². The number of thiocarbonyl (C=S) groups is 1. The number of fused-ring (bicyclic) bond motifs is 2. The molecule has 1 aromatic carbocycles. The Labute approximate surface area is 150 Å². The van der Waals surface area contributed by atoms with E-state index in [1.165, 1.54) is 45.1 Å². The van der Waals surface area contributed by atoms with Gasteiger partial charge in [-0.3, -0.25) is 4.90 Å². The SMILES string of the molecule is CCCN1[C@@H]2CCC[C@@H]1CC(NC(=S)Nc1cccc(OC)c1)C2. The van der Waals surface area contributed by atoms with Crippen molar-refractivity contribution in [3.8, 4) is 5.75 Å². The Balaban J connectivity index is 1.55. The van der Waals surface area contributed by atoms with Gasteiger partial charge >= 0.3 is 0 Å². The van der Waals surface area contributed by atoms with Crippen LogP contribution in [0.25, 0.3) is 0 Å². The molecule has 0 radical (unpaired) electrons. The quantitative estimate of drug-likeness (QED) is 0.793. The first kappa shape index (κ1) is 17.5. The second-order valence-electron chi connectivity index (χ2n) is 6.98. The van der Waals surface area contributed by atoms with Crippen LogP contribution in [0.2, 0.25) is 0 Å². The lowest BCUT2D eigenvalue weighted by molar-refractivity contribution is 0.0284. The maximum atomic E-state index is 5.53. The maximum absolute atomic E-state index is 5.53. The summed E-state index contributed by atoms with van der Waals surface area (Å²) in [6, 6.07) is 9.83. The summed E-state index contributed by atoms with van der Waals surface area (Å²) in [6.07, 6.45) is 7.72. The smallest absolute Gasteiger partial charge is 0.170 e. The van der Waals surface area contributed by atoms with E-state index in [9.17, 15) is 0 Å². The van der Waals surface area contributed by atoms with Gasteiger partial charge in [-0.25, -0.2) is 0 Å². The molecular formula is C19H29N3OS. The van der Waals surface area contributed by atoms with Crippen LogP contribution in [0.1, 0.15) is 45.4 Å². The monoisotopic (exact) mass is 347 g/mol. The summed E-state index contributed by atoms with van der Waals surface area (Å²) in [6.45, 7) is 3.53. The fraction of sp³-hybridized carbons (Fsp3) is 0.632. The van der Waals surface area contributed by atoms with Gasteiger partial charge in [0.2, 0.25) is 0 Å². The first-order valence-electron chi connectivity index (χ1n) is 9.17. The number of nitrogens with one attached hydrogen (secondary N) is 2. The van der Waals surface area contributed by atoms with Crippen LogP contribution in [0.15, 0.2) is 24.3 Å². The van der Waals surface area contributed by atoms with E-state index in [1.807, 2.05) is 24.3 Å². The highest BCUT2D eigenvalue weighted by Gasteiger charge is 2.37. The number of rotatable bonds is 5. The summed E-state index contributed by atoms with van der Waals surface area (Å²) in [5.74, 6) is 0.838. The predicted octanol–water partition coefficient (Wildman–Crippen LogP) is 3.78. The zero-order valence-electron chi connectivity index (χ0n) is 14.8. The molecule has 24 heavy (non-hydrogen) atoms. The summed E-state index contributed by atoms with van der Waals surface area (Å²) in [5.41, 5.74) is 0.968. The van der Waals surface area contributed by atoms with Gasteiger partial charge in [-0.2, -0.15) is 0 Å². The fourth-order valence-corrected chi connectivity index (χ4v) is 4.56. The highest BCUT2D eigenvalue weighted by atomic mass is 32.1. The largest absolute Gasteiger partial charge is 0.497 e. The zero-order chi connectivity index (χ0) is 16.9. The Morgan fingerprint density at radius 3 is 2.71 bits per heavy atom. The molecule has 2 heterocycles. The number of nitrogens with zero attached hydrogens (tertiary/aromatic N) is 1. The molecule has 0 spiro atoms. The van der Waals surface area contributed by atoms with Crippen molar-refractivity contribution in [3.63, 3.8) is 0 Å². The van der Waals surface area contributed by atoms with E-state index in [2.05, 4.69) is 22.5 Å². The van der Waals surface area contributed by atoms with Gasteiger partial charge in [-0.15, -0.1) is 0 Å². The summed E-state index contributed by atoms with van der Waals surface area (Å²) in [4.78, 5) is 2.75. The van der Waals surface area contributed by atoms with E-state index < -0.39 is 0 Å². The van der Waals surface area contributed by atoms with Crippen molar-refractivity contribution < 1.29 is 4.74 Å². The standard InChI is InChI=1S/C19H29N3OS/c1-3-10-22-16-7-5-8-17(22)12-15(11-16)21-19(24)20-14-6-4-9-18(13-14)23-2/h4,6,9,13,15-17H,3,5,7-8,10-12H2,1-2H3,(H2,20,21,24)/t16-,17-/m1/s1. The number of methoxy groups -OCH3 is 1. The van der Waals surface area contributed by atoms with Crippen molar-refractivity contribution >= 4 is 23.0 Å². The summed E-state index contributed by atoms with van der Waals surface area (Å²) >= 11 is 5.53. The number of piperidine rings is 2. The number of hydrogen-bond acceptors (Lipinski definition) is 3. The molecule has 2 fully saturated rings. The Bertz CT molecular complexity index is 551. The molecule has 0 saturated carbocycles. The topological polar surface area (TPSA) is 36.5 Å². The number of hydrogen-bond donors (Lipinski definition) is 2. The molecule has 1 aromatic rings. The molecule has 132 valence electrons. The Kier molecular flexibility index (Phi) is 5.95. The molecular weight excluding hydrogens is 318 g/mol. The molecule has 2 N–H and O–H groups in total. The normalized spacial score (nSPS) is 26.7. The van der Waals surface area contributed by atoms with Crippen LogP contribution in [0.4, 0.5) is 5.69 Å². The molecule has 0 aromatic heterocycles. The van der Waals surface area contributed by atoms with Crippen molar-refractivity contribution in [2.24, 2.45) is 0 Å². The third kappa shape index (κ3) is 4.19. The summed E-state index contributed by atoms with van der Waals surface area (Å²) in [7, 11) is 1.68. The molecule has 2 aliphatic heterocycles. The maximum Gasteiger partial charge on any atom is 0.170 e. The molecule has 0 amide bonds. The van der Waals surface area contributed by atoms with Crippen molar-refractivity contribution in [1.29, 1.82) is 0 Å². The van der Waals surface area contributed by atoms with E-state index >= 15 is 0 Å². The Morgan fingerprint density at radius 1 is 1.29 bits per heavy atom. The van der Waals surface area contributed by atoms with Gasteiger partial charge in [0.15, 0.2) is 5.11 Å². The minimum atomic E-state index is 0.485. The van der Waals surface area contributed by atoms with Gasteiger partial charge in [0.25, 0.3) is 0 Å². The average molecular weight is 348 g/mol. The van der Waals surface area contributed by atoms with Crippen LogP contribution in [0.5, 0.6) is 5.75 Å². The van der Waals surface area contributed by atoms with Crippen LogP contribution < -0.4 is 15.4 Å². The van der Waals surface area contributed by atoms with Crippen LogP contribution >= 0.6 is 12.2 Å². The molecule has 5 heteroatoms. The molecule has 2 bridgehead atoms. The number of benzene rings is 1. The molecule has 2 atom stereocenters. The average Bonchev–Trinajstić information content (AvgIpc) is 2.56. The van der Waals surface area contributed by atoms with Crippen LogP contribution in [-0.4, -0.2) is 41.8 Å². The first-order valence-corrected chi connectivity index (χ1v) is 9.57. The minimum Gasteiger partial charge on any atom is -0.497 e. The van der Waals surface area contributed by atoms with Gasteiger partial charge in [0.05, 0.1) is 7.11 Å². The zero-order valence-corrected chi connectivity index (χ0v) is 15.6. The third-order valence-corrected chi connectivity index (χ3v) is 5.49.